The van der Waals surface area contributed by atoms with Crippen molar-refractivity contribution in [2.75, 3.05) is 26.2 Å². The molecule has 5 aliphatic rings. The maximum Gasteiger partial charge on any atom is 0.248 e. The van der Waals surface area contributed by atoms with Gasteiger partial charge >= 0.3 is 0 Å². The van der Waals surface area contributed by atoms with Gasteiger partial charge < -0.3 is 15.0 Å². The minimum absolute atomic E-state index is 0.0227. The number of amides is 1. The second-order valence-corrected chi connectivity index (χ2v) is 12.8. The Morgan fingerprint density at radius 1 is 1.03 bits per heavy atom. The van der Waals surface area contributed by atoms with Gasteiger partial charge in [-0.1, -0.05) is 42.5 Å². The van der Waals surface area contributed by atoms with E-state index in [-0.39, 0.29) is 42.0 Å². The van der Waals surface area contributed by atoms with Crippen LogP contribution in [0.4, 0.5) is 8.78 Å². The topological polar surface area (TPSA) is 41.6 Å². The Labute approximate surface area is 230 Å². The van der Waals surface area contributed by atoms with Gasteiger partial charge in [0.1, 0.15) is 5.75 Å². The molecule has 2 aromatic carbocycles. The first-order chi connectivity index (χ1) is 19.0. The number of hydrogen-bond donors (Lipinski definition) is 1. The van der Waals surface area contributed by atoms with E-state index in [0.29, 0.717) is 25.4 Å². The molecule has 1 saturated carbocycles. The van der Waals surface area contributed by atoms with E-state index in [0.717, 1.165) is 63.8 Å². The summed E-state index contributed by atoms with van der Waals surface area (Å²) in [5, 5.41) is 3.60. The van der Waals surface area contributed by atoms with Gasteiger partial charge in [0.2, 0.25) is 11.8 Å². The number of fused-ring (bicyclic) bond motifs is 4. The van der Waals surface area contributed by atoms with Gasteiger partial charge in [-0.05, 0) is 79.0 Å². The number of nitrogens with one attached hydrogen (secondary N) is 1. The molecular formula is C33H40F2N2O2. The summed E-state index contributed by atoms with van der Waals surface area (Å²) in [6.07, 6.45) is 6.87. The van der Waals surface area contributed by atoms with Crippen molar-refractivity contribution in [3.8, 4) is 5.75 Å². The molecule has 0 aromatic heterocycles. The molecule has 3 fully saturated rings. The zero-order chi connectivity index (χ0) is 26.6. The molecule has 39 heavy (non-hydrogen) atoms. The normalized spacial score (nSPS) is 33.4. The number of halogens is 2. The van der Waals surface area contributed by atoms with Crippen molar-refractivity contribution in [1.82, 2.24) is 10.2 Å². The fourth-order valence-electron chi connectivity index (χ4n) is 8.86. The van der Waals surface area contributed by atoms with Crippen LogP contribution < -0.4 is 10.1 Å². The Bertz CT molecular complexity index is 1230. The molecule has 3 aliphatic heterocycles. The van der Waals surface area contributed by atoms with Gasteiger partial charge in [0, 0.05) is 50.4 Å². The summed E-state index contributed by atoms with van der Waals surface area (Å²) in [7, 11) is 0. The number of nitrogens with zero attached hydrogens (tertiary/aromatic N) is 1. The molecule has 5 unspecified atom stereocenters. The van der Waals surface area contributed by atoms with E-state index in [4.69, 9.17) is 4.74 Å². The number of ether oxygens (including phenoxy) is 1. The van der Waals surface area contributed by atoms with Crippen molar-refractivity contribution in [3.63, 3.8) is 0 Å². The highest BCUT2D eigenvalue weighted by Crippen LogP contribution is 2.51. The summed E-state index contributed by atoms with van der Waals surface area (Å²) < 4.78 is 35.5. The Balaban J connectivity index is 1.21. The van der Waals surface area contributed by atoms with E-state index < -0.39 is 5.92 Å². The number of rotatable bonds is 3. The molecule has 0 bridgehead atoms. The van der Waals surface area contributed by atoms with Crippen LogP contribution in [0.1, 0.15) is 79.5 Å². The summed E-state index contributed by atoms with van der Waals surface area (Å²) in [4.78, 5) is 16.7. The lowest BCUT2D eigenvalue weighted by Crippen LogP contribution is -2.55. The first kappa shape index (κ1) is 25.5. The fourth-order valence-corrected chi connectivity index (χ4v) is 8.86. The molecule has 0 radical (unpaired) electrons. The van der Waals surface area contributed by atoms with Crippen LogP contribution in [0.15, 0.2) is 42.5 Å². The lowest BCUT2D eigenvalue weighted by molar-refractivity contribution is -0.145. The third kappa shape index (κ3) is 4.38. The SMILES string of the molecule is O=C(C1CNCC12CCCc1c2ccc2c1OCC2)N1CCC(c2ccccc2)CC1C1CCCC(F)(F)C1. The summed E-state index contributed by atoms with van der Waals surface area (Å²) in [5.74, 6) is -1.39. The summed E-state index contributed by atoms with van der Waals surface area (Å²) >= 11 is 0. The minimum atomic E-state index is -2.63. The van der Waals surface area contributed by atoms with Crippen LogP contribution in [-0.4, -0.2) is 49.0 Å². The van der Waals surface area contributed by atoms with Crippen LogP contribution in [0.2, 0.25) is 0 Å². The highest BCUT2D eigenvalue weighted by Gasteiger charge is 2.53. The number of likely N-dealkylation sites (tertiary alicyclic amines) is 1. The molecule has 6 heteroatoms. The standard InChI is InChI=1S/C33H40F2N2O2/c34-33(35)15-4-8-25(19-33)29-18-24(22-6-2-1-3-7-22)12-16-37(29)31(38)28-20-36-21-32(28)14-5-9-26-27(32)11-10-23-13-17-39-30(23)26/h1-3,6-7,10-11,24-25,28-29,36H,4-5,8-9,12-21H2. The monoisotopic (exact) mass is 534 g/mol. The molecule has 2 aromatic rings. The lowest BCUT2D eigenvalue weighted by atomic mass is 9.63. The van der Waals surface area contributed by atoms with Crippen LogP contribution in [0, 0.1) is 11.8 Å². The van der Waals surface area contributed by atoms with Gasteiger partial charge in [0.05, 0.1) is 12.5 Å². The second kappa shape index (κ2) is 9.87. The molecule has 2 aliphatic carbocycles. The lowest BCUT2D eigenvalue weighted by Gasteiger charge is -2.48. The van der Waals surface area contributed by atoms with Crippen LogP contribution in [-0.2, 0) is 23.1 Å². The van der Waals surface area contributed by atoms with E-state index in [2.05, 4.69) is 46.6 Å². The largest absolute Gasteiger partial charge is 0.493 e. The van der Waals surface area contributed by atoms with Crippen molar-refractivity contribution in [2.24, 2.45) is 11.8 Å². The third-order valence-corrected chi connectivity index (χ3v) is 10.7. The van der Waals surface area contributed by atoms with Gasteiger partial charge in [-0.3, -0.25) is 4.79 Å². The fraction of sp³-hybridized carbons (Fsp3) is 0.606. The highest BCUT2D eigenvalue weighted by atomic mass is 19.3. The molecule has 4 nitrogen and oxygen atoms in total. The van der Waals surface area contributed by atoms with Gasteiger partial charge in [-0.2, -0.15) is 0 Å². The predicted octanol–water partition coefficient (Wildman–Crippen LogP) is 6.02. The van der Waals surface area contributed by atoms with Crippen LogP contribution in [0.25, 0.3) is 0 Å². The van der Waals surface area contributed by atoms with E-state index in [1.54, 1.807) is 0 Å². The zero-order valence-corrected chi connectivity index (χ0v) is 22.8. The van der Waals surface area contributed by atoms with E-state index in [9.17, 15) is 13.6 Å². The molecule has 1 spiro atoms. The van der Waals surface area contributed by atoms with Crippen molar-refractivity contribution < 1.29 is 18.3 Å². The molecule has 3 heterocycles. The average Bonchev–Trinajstić information content (AvgIpc) is 3.60. The van der Waals surface area contributed by atoms with Crippen molar-refractivity contribution >= 4 is 5.91 Å². The molecular weight excluding hydrogens is 494 g/mol. The van der Waals surface area contributed by atoms with Gasteiger partial charge in [0.25, 0.3) is 0 Å². The van der Waals surface area contributed by atoms with Gasteiger partial charge in [-0.15, -0.1) is 0 Å². The summed E-state index contributed by atoms with van der Waals surface area (Å²) in [6.45, 7) is 2.84. The molecule has 208 valence electrons. The zero-order valence-electron chi connectivity index (χ0n) is 22.8. The third-order valence-electron chi connectivity index (χ3n) is 10.7. The molecule has 5 atom stereocenters. The molecule has 1 N–H and O–H groups in total. The Kier molecular flexibility index (Phi) is 6.45. The Hall–Kier alpha value is -2.47. The van der Waals surface area contributed by atoms with Gasteiger partial charge in [0.15, 0.2) is 0 Å². The maximum atomic E-state index is 14.7. The summed E-state index contributed by atoms with van der Waals surface area (Å²) in [5.41, 5.74) is 4.91. The van der Waals surface area contributed by atoms with Gasteiger partial charge in [-0.25, -0.2) is 8.78 Å². The number of carbonyl (C=O) groups excluding carboxylic acids is 1. The first-order valence-electron chi connectivity index (χ1n) is 15.2. The Morgan fingerprint density at radius 2 is 1.90 bits per heavy atom. The second-order valence-electron chi connectivity index (χ2n) is 12.8. The number of alkyl halides is 2. The quantitative estimate of drug-likeness (QED) is 0.524. The van der Waals surface area contributed by atoms with Crippen molar-refractivity contribution in [1.29, 1.82) is 0 Å². The van der Waals surface area contributed by atoms with Crippen LogP contribution in [0.3, 0.4) is 0 Å². The predicted molar refractivity (Wildman–Crippen MR) is 147 cm³/mol. The van der Waals surface area contributed by atoms with E-state index >= 15 is 0 Å². The van der Waals surface area contributed by atoms with Crippen LogP contribution >= 0.6 is 0 Å². The average molecular weight is 535 g/mol. The number of hydrogen-bond acceptors (Lipinski definition) is 3. The first-order valence-corrected chi connectivity index (χ1v) is 15.2. The molecule has 1 amide bonds. The van der Waals surface area contributed by atoms with E-state index in [1.807, 2.05) is 6.07 Å². The van der Waals surface area contributed by atoms with Crippen molar-refractivity contribution in [3.05, 3.63) is 64.7 Å². The minimum Gasteiger partial charge on any atom is -0.493 e. The number of carbonyl (C=O) groups is 1. The summed E-state index contributed by atoms with van der Waals surface area (Å²) in [6, 6.07) is 14.8. The molecule has 2 saturated heterocycles. The van der Waals surface area contributed by atoms with Crippen molar-refractivity contribution in [2.45, 2.75) is 87.5 Å². The van der Waals surface area contributed by atoms with E-state index in [1.165, 1.54) is 22.3 Å². The van der Waals surface area contributed by atoms with Crippen LogP contribution in [0.5, 0.6) is 5.75 Å². The maximum absolute atomic E-state index is 14.7. The smallest absolute Gasteiger partial charge is 0.248 e. The Morgan fingerprint density at radius 3 is 2.74 bits per heavy atom. The number of benzene rings is 2. The molecule has 7 rings (SSSR count). The highest BCUT2D eigenvalue weighted by molar-refractivity contribution is 5.82. The number of piperidine rings is 1.